The molecule has 1 fully saturated rings. The fourth-order valence-corrected chi connectivity index (χ4v) is 7.91. The van der Waals surface area contributed by atoms with E-state index in [1.165, 1.54) is 0 Å². The minimum atomic E-state index is -4.24. The first-order chi connectivity index (χ1) is 23.9. The maximum atomic E-state index is 14.0. The molecule has 3 atom stereocenters. The first-order valence-corrected chi connectivity index (χ1v) is 19.1. The maximum absolute atomic E-state index is 14.0. The molecule has 11 nitrogen and oxygen atoms in total. The van der Waals surface area contributed by atoms with Gasteiger partial charge in [-0.15, -0.1) is 0 Å². The zero-order chi connectivity index (χ0) is 35.7. The van der Waals surface area contributed by atoms with Crippen LogP contribution in [0.1, 0.15) is 80.4 Å². The third-order valence-electron chi connectivity index (χ3n) is 9.83. The number of nitrogens with one attached hydrogen (secondary N) is 3. The fraction of sp³-hybridized carbons (Fsp3) is 0.421. The van der Waals surface area contributed by atoms with E-state index < -0.39 is 36.9 Å². The molecule has 0 radical (unpaired) electrons. The van der Waals surface area contributed by atoms with Gasteiger partial charge in [0.25, 0.3) is 0 Å². The number of hydrogen-bond donors (Lipinski definition) is 6. The fourth-order valence-electron chi connectivity index (χ4n) is 7.22. The van der Waals surface area contributed by atoms with E-state index in [1.807, 2.05) is 24.3 Å². The van der Waals surface area contributed by atoms with E-state index in [0.29, 0.717) is 57.1 Å². The summed E-state index contributed by atoms with van der Waals surface area (Å²) in [6.07, 6.45) is 8.31. The molecule has 5 rings (SSSR count). The molecule has 1 heterocycles. The van der Waals surface area contributed by atoms with Gasteiger partial charge in [0.05, 0.1) is 12.6 Å². The van der Waals surface area contributed by atoms with Crippen LogP contribution in [-0.4, -0.2) is 51.5 Å². The summed E-state index contributed by atoms with van der Waals surface area (Å²) in [7, 11) is -4.24. The van der Waals surface area contributed by atoms with E-state index in [2.05, 4.69) is 46.3 Å². The van der Waals surface area contributed by atoms with Gasteiger partial charge in [0.2, 0.25) is 23.6 Å². The average molecular weight is 703 g/mol. The molecular weight excluding hydrogens is 655 g/mol. The van der Waals surface area contributed by atoms with Crippen molar-refractivity contribution in [3.63, 3.8) is 0 Å². The highest BCUT2D eigenvalue weighted by Gasteiger charge is 2.42. The predicted octanol–water partition coefficient (Wildman–Crippen LogP) is 4.50. The summed E-state index contributed by atoms with van der Waals surface area (Å²) in [5, 5.41) is 11.0. The molecule has 1 saturated carbocycles. The van der Waals surface area contributed by atoms with Crippen LogP contribution in [-0.2, 0) is 36.3 Å². The number of benzene rings is 3. The van der Waals surface area contributed by atoms with Crippen LogP contribution in [0.5, 0.6) is 0 Å². The second-order valence-electron chi connectivity index (χ2n) is 13.7. The van der Waals surface area contributed by atoms with Crippen LogP contribution in [0, 0.1) is 5.92 Å². The predicted molar refractivity (Wildman–Crippen MR) is 192 cm³/mol. The number of fused-ring (bicyclic) bond motifs is 1. The van der Waals surface area contributed by atoms with Crippen molar-refractivity contribution in [1.29, 1.82) is 0 Å². The van der Waals surface area contributed by atoms with Crippen molar-refractivity contribution in [3.05, 3.63) is 95.6 Å². The smallest absolute Gasteiger partial charge is 0.329 e. The molecular formula is C38H47N4O7P. The van der Waals surface area contributed by atoms with Crippen LogP contribution in [0.2, 0.25) is 0 Å². The number of carbonyl (C=O) groups excluding carboxylic acids is 4. The van der Waals surface area contributed by atoms with Gasteiger partial charge in [-0.25, -0.2) is 0 Å². The van der Waals surface area contributed by atoms with E-state index >= 15 is 0 Å². The molecule has 1 spiro atoms. The minimum absolute atomic E-state index is 0.0304. The molecule has 0 saturated heterocycles. The molecule has 1 aliphatic carbocycles. The van der Waals surface area contributed by atoms with E-state index in [1.54, 1.807) is 24.3 Å². The molecule has 4 amide bonds. The molecule has 3 aromatic carbocycles. The third-order valence-corrected chi connectivity index (χ3v) is 10.6. The average Bonchev–Trinajstić information content (AvgIpc) is 3.07. The SMILES string of the molecule is NC(=O)C[C@@H]1NC(=O)C2(CCCCC2)NC(=O)C[C@@H](c2ccc(CP(=O)(O)O)cc2)C/C=C/C[C@@H](Cc2cccc3ccccc23)CNC1=O. The summed E-state index contributed by atoms with van der Waals surface area (Å²) < 4.78 is 11.6. The Labute approximate surface area is 292 Å². The lowest BCUT2D eigenvalue weighted by Gasteiger charge is -2.38. The lowest BCUT2D eigenvalue weighted by Crippen LogP contribution is -2.63. The molecule has 12 heteroatoms. The van der Waals surface area contributed by atoms with Crippen molar-refractivity contribution in [2.45, 2.75) is 87.9 Å². The second kappa shape index (κ2) is 16.6. The van der Waals surface area contributed by atoms with Gasteiger partial charge in [-0.1, -0.05) is 98.1 Å². The Bertz CT molecular complexity index is 1760. The highest BCUT2D eigenvalue weighted by molar-refractivity contribution is 7.50. The van der Waals surface area contributed by atoms with Gasteiger partial charge in [0, 0.05) is 13.0 Å². The van der Waals surface area contributed by atoms with Crippen molar-refractivity contribution < 1.29 is 33.5 Å². The number of amides is 4. The first-order valence-electron chi connectivity index (χ1n) is 17.3. The number of primary amides is 1. The van der Waals surface area contributed by atoms with Crippen LogP contribution < -0.4 is 21.7 Å². The summed E-state index contributed by atoms with van der Waals surface area (Å²) in [5.41, 5.74) is 6.75. The maximum Gasteiger partial charge on any atom is 0.329 e. The zero-order valence-corrected chi connectivity index (χ0v) is 29.1. The molecule has 0 unspecified atom stereocenters. The highest BCUT2D eigenvalue weighted by atomic mass is 31.2. The number of nitrogens with two attached hydrogens (primary N) is 1. The van der Waals surface area contributed by atoms with Gasteiger partial charge in [0.15, 0.2) is 0 Å². The molecule has 1 aliphatic heterocycles. The lowest BCUT2D eigenvalue weighted by atomic mass is 9.80. The summed E-state index contributed by atoms with van der Waals surface area (Å²) in [6, 6.07) is 20.0. The van der Waals surface area contributed by atoms with E-state index in [4.69, 9.17) is 5.73 Å². The van der Waals surface area contributed by atoms with Gasteiger partial charge in [-0.2, -0.15) is 0 Å². The van der Waals surface area contributed by atoms with Crippen LogP contribution in [0.25, 0.3) is 10.8 Å². The minimum Gasteiger partial charge on any atom is -0.370 e. The summed E-state index contributed by atoms with van der Waals surface area (Å²) >= 11 is 0. The van der Waals surface area contributed by atoms with Crippen LogP contribution in [0.15, 0.2) is 78.9 Å². The van der Waals surface area contributed by atoms with Gasteiger partial charge >= 0.3 is 7.60 Å². The Morgan fingerprint density at radius 3 is 2.32 bits per heavy atom. The van der Waals surface area contributed by atoms with Crippen molar-refractivity contribution in [1.82, 2.24) is 16.0 Å². The van der Waals surface area contributed by atoms with Crippen molar-refractivity contribution in [2.24, 2.45) is 11.7 Å². The quantitative estimate of drug-likeness (QED) is 0.155. The van der Waals surface area contributed by atoms with Crippen LogP contribution in [0.4, 0.5) is 0 Å². The van der Waals surface area contributed by atoms with Gasteiger partial charge in [-0.3, -0.25) is 23.7 Å². The van der Waals surface area contributed by atoms with E-state index in [0.717, 1.165) is 28.3 Å². The second-order valence-corrected chi connectivity index (χ2v) is 15.4. The van der Waals surface area contributed by atoms with Gasteiger partial charge in [-0.05, 0) is 71.4 Å². The van der Waals surface area contributed by atoms with Crippen LogP contribution >= 0.6 is 7.60 Å². The van der Waals surface area contributed by atoms with Crippen molar-refractivity contribution in [3.8, 4) is 0 Å². The Morgan fingerprint density at radius 2 is 1.60 bits per heavy atom. The summed E-state index contributed by atoms with van der Waals surface area (Å²) in [4.78, 5) is 72.2. The van der Waals surface area contributed by atoms with E-state index in [9.17, 15) is 33.5 Å². The normalized spacial score (nSPS) is 23.1. The lowest BCUT2D eigenvalue weighted by molar-refractivity contribution is -0.138. The molecule has 266 valence electrons. The Hall–Kier alpha value is -4.31. The number of rotatable bonds is 7. The molecule has 2 aliphatic rings. The number of hydrogen-bond acceptors (Lipinski definition) is 5. The monoisotopic (exact) mass is 702 g/mol. The molecule has 0 aromatic heterocycles. The standard InChI is InChI=1S/C38H47N4O7P/c39-34(43)23-33-36(45)40-24-27(21-31-13-8-12-29-10-4-5-14-32(29)31)9-2-3-11-30(28-17-15-26(16-18-28)25-50(47,48)49)22-35(44)42-38(37(46)41-33)19-6-1-7-20-38/h2-5,8,10,12-18,27,30,33H,1,6-7,9,11,19-25H2,(H2,39,43)(H,40,45)(H,41,46)(H,42,44)(H2,47,48,49)/b3-2+/t27-,30-,33-/m0/s1. The number of carbonyl (C=O) groups is 4. The van der Waals surface area contributed by atoms with Crippen molar-refractivity contribution in [2.75, 3.05) is 6.54 Å². The van der Waals surface area contributed by atoms with Gasteiger partial charge in [0.1, 0.15) is 11.6 Å². The summed E-state index contributed by atoms with van der Waals surface area (Å²) in [5.74, 6) is -2.37. The largest absolute Gasteiger partial charge is 0.370 e. The topological polar surface area (TPSA) is 188 Å². The molecule has 7 N–H and O–H groups in total. The Morgan fingerprint density at radius 1 is 0.900 bits per heavy atom. The molecule has 0 bridgehead atoms. The van der Waals surface area contributed by atoms with Crippen molar-refractivity contribution >= 4 is 42.0 Å². The van der Waals surface area contributed by atoms with E-state index in [-0.39, 0.29) is 36.7 Å². The number of allylic oxidation sites excluding steroid dienone is 2. The molecule has 3 aromatic rings. The Balaban J connectivity index is 1.46. The molecule has 50 heavy (non-hydrogen) atoms. The summed E-state index contributed by atoms with van der Waals surface area (Å²) in [6.45, 7) is 0.296. The first kappa shape index (κ1) is 37.0. The van der Waals surface area contributed by atoms with Crippen LogP contribution in [0.3, 0.4) is 0 Å². The Kier molecular flexibility index (Phi) is 12.3. The van der Waals surface area contributed by atoms with Gasteiger partial charge < -0.3 is 31.5 Å². The zero-order valence-electron chi connectivity index (χ0n) is 28.2. The highest BCUT2D eigenvalue weighted by Crippen LogP contribution is 2.39. The third kappa shape index (κ3) is 10.1.